The van der Waals surface area contributed by atoms with Crippen LogP contribution in [0, 0.1) is 31.0 Å². The van der Waals surface area contributed by atoms with Crippen molar-refractivity contribution >= 4 is 23.1 Å². The minimum atomic E-state index is -0.546. The number of nitriles is 1. The van der Waals surface area contributed by atoms with Crippen LogP contribution in [0.25, 0.3) is 0 Å². The normalized spacial score (nSPS) is 10.1. The van der Waals surface area contributed by atoms with Gasteiger partial charge in [0.15, 0.2) is 11.0 Å². The number of nitrogens with one attached hydrogen (secondary N) is 1. The maximum absolute atomic E-state index is 13.7. The van der Waals surface area contributed by atoms with Crippen molar-refractivity contribution in [3.63, 3.8) is 0 Å². The first-order valence-corrected chi connectivity index (χ1v) is 5.86. The highest BCUT2D eigenvalue weighted by molar-refractivity contribution is 6.31. The van der Waals surface area contributed by atoms with E-state index < -0.39 is 5.82 Å². The van der Waals surface area contributed by atoms with Gasteiger partial charge < -0.3 is 5.32 Å². The zero-order valence-corrected chi connectivity index (χ0v) is 11.1. The SMILES string of the molecule is Cc1nc(Cl)c(Nc2ccc(C#N)cc2F)nc1C. The van der Waals surface area contributed by atoms with E-state index in [1.807, 2.05) is 6.07 Å². The second kappa shape index (κ2) is 5.21. The molecular weight excluding hydrogens is 267 g/mol. The number of nitrogens with zero attached hydrogens (tertiary/aromatic N) is 3. The molecule has 0 atom stereocenters. The predicted octanol–water partition coefficient (Wildman–Crippen LogP) is 3.50. The standard InChI is InChI=1S/C13H10ClFN4/c1-7-8(2)18-13(12(14)17-7)19-11-4-3-9(6-16)5-10(11)15/h3-5H,1-2H3,(H,18,19). The van der Waals surface area contributed by atoms with Gasteiger partial charge in [-0.15, -0.1) is 0 Å². The van der Waals surface area contributed by atoms with Gasteiger partial charge >= 0.3 is 0 Å². The molecule has 1 aromatic carbocycles. The first-order chi connectivity index (χ1) is 9.01. The van der Waals surface area contributed by atoms with E-state index in [0.29, 0.717) is 5.69 Å². The van der Waals surface area contributed by atoms with Crippen molar-refractivity contribution in [1.82, 2.24) is 9.97 Å². The smallest absolute Gasteiger partial charge is 0.172 e. The van der Waals surface area contributed by atoms with Crippen molar-refractivity contribution in [2.24, 2.45) is 0 Å². The highest BCUT2D eigenvalue weighted by Crippen LogP contribution is 2.25. The van der Waals surface area contributed by atoms with E-state index in [1.54, 1.807) is 13.8 Å². The summed E-state index contributed by atoms with van der Waals surface area (Å²) < 4.78 is 13.7. The fraction of sp³-hybridized carbons (Fsp3) is 0.154. The lowest BCUT2D eigenvalue weighted by Gasteiger charge is -2.10. The first kappa shape index (κ1) is 13.2. The van der Waals surface area contributed by atoms with Crippen LogP contribution in [0.3, 0.4) is 0 Å². The summed E-state index contributed by atoms with van der Waals surface area (Å²) >= 11 is 5.95. The van der Waals surface area contributed by atoms with Gasteiger partial charge in [-0.3, -0.25) is 0 Å². The summed E-state index contributed by atoms with van der Waals surface area (Å²) in [5.41, 5.74) is 1.87. The summed E-state index contributed by atoms with van der Waals surface area (Å²) in [7, 11) is 0. The van der Waals surface area contributed by atoms with Gasteiger partial charge in [0, 0.05) is 0 Å². The van der Waals surface area contributed by atoms with Gasteiger partial charge in [-0.05, 0) is 32.0 Å². The van der Waals surface area contributed by atoms with E-state index in [9.17, 15) is 4.39 Å². The largest absolute Gasteiger partial charge is 0.335 e. The molecule has 2 rings (SSSR count). The number of aryl methyl sites for hydroxylation is 2. The molecule has 1 N–H and O–H groups in total. The van der Waals surface area contributed by atoms with Crippen molar-refractivity contribution in [1.29, 1.82) is 5.26 Å². The summed E-state index contributed by atoms with van der Waals surface area (Å²) in [6.07, 6.45) is 0. The summed E-state index contributed by atoms with van der Waals surface area (Å²) in [5.74, 6) is -0.261. The number of halogens is 2. The van der Waals surface area contributed by atoms with Crippen molar-refractivity contribution in [3.8, 4) is 6.07 Å². The lowest BCUT2D eigenvalue weighted by atomic mass is 10.2. The highest BCUT2D eigenvalue weighted by atomic mass is 35.5. The number of rotatable bonds is 2. The zero-order valence-electron chi connectivity index (χ0n) is 10.3. The Kier molecular flexibility index (Phi) is 3.63. The van der Waals surface area contributed by atoms with E-state index in [2.05, 4.69) is 15.3 Å². The molecule has 0 amide bonds. The maximum Gasteiger partial charge on any atom is 0.172 e. The van der Waals surface area contributed by atoms with E-state index in [1.165, 1.54) is 12.1 Å². The molecule has 0 radical (unpaired) electrons. The van der Waals surface area contributed by atoms with Gasteiger partial charge in [0.05, 0.1) is 28.7 Å². The average molecular weight is 277 g/mol. The molecule has 0 saturated heterocycles. The summed E-state index contributed by atoms with van der Waals surface area (Å²) in [5, 5.41) is 11.6. The fourth-order valence-corrected chi connectivity index (χ4v) is 1.69. The van der Waals surface area contributed by atoms with Gasteiger partial charge in [-0.1, -0.05) is 11.6 Å². The van der Waals surface area contributed by atoms with Gasteiger partial charge in [0.2, 0.25) is 0 Å². The van der Waals surface area contributed by atoms with E-state index in [0.717, 1.165) is 11.8 Å². The van der Waals surface area contributed by atoms with Gasteiger partial charge in [0.25, 0.3) is 0 Å². The molecular formula is C13H10ClFN4. The summed E-state index contributed by atoms with van der Waals surface area (Å²) in [6, 6.07) is 5.98. The Labute approximate surface area is 114 Å². The Balaban J connectivity index is 2.37. The second-order valence-corrected chi connectivity index (χ2v) is 4.32. The average Bonchev–Trinajstić information content (AvgIpc) is 2.38. The van der Waals surface area contributed by atoms with Crippen LogP contribution in [0.2, 0.25) is 5.15 Å². The first-order valence-electron chi connectivity index (χ1n) is 5.48. The highest BCUT2D eigenvalue weighted by Gasteiger charge is 2.10. The predicted molar refractivity (Wildman–Crippen MR) is 70.9 cm³/mol. The Morgan fingerprint density at radius 3 is 2.58 bits per heavy atom. The Morgan fingerprint density at radius 1 is 1.26 bits per heavy atom. The lowest BCUT2D eigenvalue weighted by Crippen LogP contribution is -2.02. The van der Waals surface area contributed by atoms with Gasteiger partial charge in [-0.25, -0.2) is 14.4 Å². The molecule has 0 aliphatic heterocycles. The summed E-state index contributed by atoms with van der Waals surface area (Å²) in [4.78, 5) is 8.31. The summed E-state index contributed by atoms with van der Waals surface area (Å²) in [6.45, 7) is 3.58. The van der Waals surface area contributed by atoms with E-state index in [-0.39, 0.29) is 22.2 Å². The Hall–Kier alpha value is -2.19. The minimum Gasteiger partial charge on any atom is -0.335 e. The van der Waals surface area contributed by atoms with Crippen LogP contribution >= 0.6 is 11.6 Å². The molecule has 1 heterocycles. The zero-order chi connectivity index (χ0) is 14.0. The van der Waals surface area contributed by atoms with Crippen LogP contribution in [-0.2, 0) is 0 Å². The molecule has 2 aromatic rings. The van der Waals surface area contributed by atoms with Crippen LogP contribution in [0.5, 0.6) is 0 Å². The molecule has 4 nitrogen and oxygen atoms in total. The van der Waals surface area contributed by atoms with Gasteiger partial charge in [0.1, 0.15) is 5.82 Å². The maximum atomic E-state index is 13.7. The molecule has 0 spiro atoms. The minimum absolute atomic E-state index is 0.173. The number of hydrogen-bond acceptors (Lipinski definition) is 4. The molecule has 0 saturated carbocycles. The molecule has 0 unspecified atom stereocenters. The molecule has 0 aliphatic rings. The van der Waals surface area contributed by atoms with E-state index >= 15 is 0 Å². The molecule has 6 heteroatoms. The quantitative estimate of drug-likeness (QED) is 0.912. The van der Waals surface area contributed by atoms with Crippen molar-refractivity contribution in [3.05, 3.63) is 46.1 Å². The number of hydrogen-bond donors (Lipinski definition) is 1. The van der Waals surface area contributed by atoms with Crippen molar-refractivity contribution < 1.29 is 4.39 Å². The van der Waals surface area contributed by atoms with E-state index in [4.69, 9.17) is 16.9 Å². The third-order valence-corrected chi connectivity index (χ3v) is 2.88. The molecule has 0 fully saturated rings. The van der Waals surface area contributed by atoms with Crippen LogP contribution in [0.4, 0.5) is 15.9 Å². The third kappa shape index (κ3) is 2.80. The lowest BCUT2D eigenvalue weighted by molar-refractivity contribution is 0.631. The number of anilines is 2. The van der Waals surface area contributed by atoms with Gasteiger partial charge in [-0.2, -0.15) is 5.26 Å². The van der Waals surface area contributed by atoms with Crippen LogP contribution in [-0.4, -0.2) is 9.97 Å². The fourth-order valence-electron chi connectivity index (χ4n) is 1.47. The van der Waals surface area contributed by atoms with Crippen molar-refractivity contribution in [2.45, 2.75) is 13.8 Å². The topological polar surface area (TPSA) is 61.6 Å². The molecule has 0 aliphatic carbocycles. The molecule has 19 heavy (non-hydrogen) atoms. The number of benzene rings is 1. The second-order valence-electron chi connectivity index (χ2n) is 3.97. The Bertz CT molecular complexity index is 679. The van der Waals surface area contributed by atoms with Crippen LogP contribution in [0.1, 0.15) is 17.0 Å². The molecule has 1 aromatic heterocycles. The molecule has 96 valence electrons. The van der Waals surface area contributed by atoms with Crippen LogP contribution < -0.4 is 5.32 Å². The van der Waals surface area contributed by atoms with Crippen molar-refractivity contribution in [2.75, 3.05) is 5.32 Å². The third-order valence-electron chi connectivity index (χ3n) is 2.62. The Morgan fingerprint density at radius 2 is 1.95 bits per heavy atom. The van der Waals surface area contributed by atoms with Crippen LogP contribution in [0.15, 0.2) is 18.2 Å². The molecule has 0 bridgehead atoms. The number of aromatic nitrogens is 2. The monoisotopic (exact) mass is 276 g/mol.